The standard InChI is InChI=1S/C12H16F2N2O.ClH/c13-9-1-2-11(14)10(7-9)12(8-17)16-5-3-15-4-6-16;/h1-2,7,12,15,17H,3-6,8H2;1H/t12-;/m1./s1. The number of aliphatic hydroxyl groups excluding tert-OH is 1. The van der Waals surface area contributed by atoms with Crippen LogP contribution in [-0.2, 0) is 0 Å². The van der Waals surface area contributed by atoms with E-state index in [1.165, 1.54) is 0 Å². The Bertz CT molecular complexity index is 386. The lowest BCUT2D eigenvalue weighted by Gasteiger charge is -2.34. The predicted octanol–water partition coefficient (Wildman–Crippen LogP) is 1.33. The van der Waals surface area contributed by atoms with E-state index < -0.39 is 17.7 Å². The maximum absolute atomic E-state index is 13.6. The van der Waals surface area contributed by atoms with Gasteiger partial charge in [-0.2, -0.15) is 0 Å². The van der Waals surface area contributed by atoms with Gasteiger partial charge in [-0.3, -0.25) is 4.90 Å². The van der Waals surface area contributed by atoms with E-state index in [-0.39, 0.29) is 24.6 Å². The van der Waals surface area contributed by atoms with Crippen LogP contribution in [0.15, 0.2) is 18.2 Å². The molecule has 1 heterocycles. The molecule has 0 aliphatic carbocycles. The molecule has 0 amide bonds. The van der Waals surface area contributed by atoms with Crippen LogP contribution in [0.1, 0.15) is 11.6 Å². The summed E-state index contributed by atoms with van der Waals surface area (Å²) in [6.07, 6.45) is 0. The summed E-state index contributed by atoms with van der Waals surface area (Å²) in [4.78, 5) is 1.97. The average molecular weight is 279 g/mol. The van der Waals surface area contributed by atoms with Gasteiger partial charge in [-0.1, -0.05) is 0 Å². The number of halogens is 3. The Hall–Kier alpha value is -0.750. The molecule has 1 aliphatic heterocycles. The van der Waals surface area contributed by atoms with Crippen molar-refractivity contribution in [3.05, 3.63) is 35.4 Å². The number of nitrogens with zero attached hydrogens (tertiary/aromatic N) is 1. The zero-order valence-electron chi connectivity index (χ0n) is 9.90. The second-order valence-corrected chi connectivity index (χ2v) is 4.15. The topological polar surface area (TPSA) is 35.5 Å². The fourth-order valence-corrected chi connectivity index (χ4v) is 2.17. The fourth-order valence-electron chi connectivity index (χ4n) is 2.17. The number of benzene rings is 1. The second kappa shape index (κ2) is 6.99. The highest BCUT2D eigenvalue weighted by molar-refractivity contribution is 5.85. The molecule has 1 atom stereocenters. The Labute approximate surface area is 111 Å². The van der Waals surface area contributed by atoms with Gasteiger partial charge < -0.3 is 10.4 Å². The smallest absolute Gasteiger partial charge is 0.128 e. The zero-order chi connectivity index (χ0) is 12.3. The molecule has 18 heavy (non-hydrogen) atoms. The molecule has 0 radical (unpaired) electrons. The molecular formula is C12H17ClF2N2O. The number of piperazine rings is 1. The first-order valence-electron chi connectivity index (χ1n) is 5.73. The van der Waals surface area contributed by atoms with E-state index in [0.717, 1.165) is 44.4 Å². The van der Waals surface area contributed by atoms with Crippen molar-refractivity contribution in [2.24, 2.45) is 0 Å². The summed E-state index contributed by atoms with van der Waals surface area (Å²) in [7, 11) is 0. The van der Waals surface area contributed by atoms with E-state index in [1.807, 2.05) is 4.90 Å². The van der Waals surface area contributed by atoms with Gasteiger partial charge in [-0.15, -0.1) is 12.4 Å². The van der Waals surface area contributed by atoms with E-state index in [0.29, 0.717) is 0 Å². The Morgan fingerprint density at radius 2 is 1.94 bits per heavy atom. The van der Waals surface area contributed by atoms with Crippen molar-refractivity contribution < 1.29 is 13.9 Å². The summed E-state index contributed by atoms with van der Waals surface area (Å²) < 4.78 is 26.8. The van der Waals surface area contributed by atoms with Crippen molar-refractivity contribution in [1.82, 2.24) is 10.2 Å². The number of rotatable bonds is 3. The third-order valence-corrected chi connectivity index (χ3v) is 3.08. The summed E-state index contributed by atoms with van der Waals surface area (Å²) in [6.45, 7) is 2.84. The van der Waals surface area contributed by atoms with Crippen molar-refractivity contribution in [2.45, 2.75) is 6.04 Å². The minimum absolute atomic E-state index is 0. The van der Waals surface area contributed by atoms with Gasteiger partial charge in [-0.05, 0) is 18.2 Å². The van der Waals surface area contributed by atoms with Gasteiger partial charge in [0.1, 0.15) is 11.6 Å². The first kappa shape index (κ1) is 15.3. The molecule has 0 aromatic heterocycles. The number of nitrogens with one attached hydrogen (secondary N) is 1. The lowest BCUT2D eigenvalue weighted by molar-refractivity contribution is 0.108. The Morgan fingerprint density at radius 3 is 2.56 bits per heavy atom. The monoisotopic (exact) mass is 278 g/mol. The van der Waals surface area contributed by atoms with Crippen molar-refractivity contribution >= 4 is 12.4 Å². The highest BCUT2D eigenvalue weighted by atomic mass is 35.5. The molecule has 0 unspecified atom stereocenters. The largest absolute Gasteiger partial charge is 0.394 e. The molecule has 6 heteroatoms. The van der Waals surface area contributed by atoms with E-state index >= 15 is 0 Å². The quantitative estimate of drug-likeness (QED) is 0.876. The SMILES string of the molecule is Cl.OC[C@H](c1cc(F)ccc1F)N1CCNCC1. The summed E-state index contributed by atoms with van der Waals surface area (Å²) >= 11 is 0. The fraction of sp³-hybridized carbons (Fsp3) is 0.500. The summed E-state index contributed by atoms with van der Waals surface area (Å²) in [5.41, 5.74) is 0.231. The molecule has 1 saturated heterocycles. The van der Waals surface area contributed by atoms with Crippen LogP contribution in [0.25, 0.3) is 0 Å². The number of hydrogen-bond acceptors (Lipinski definition) is 3. The van der Waals surface area contributed by atoms with Crippen LogP contribution >= 0.6 is 12.4 Å². The van der Waals surface area contributed by atoms with Gasteiger partial charge >= 0.3 is 0 Å². The molecule has 2 rings (SSSR count). The van der Waals surface area contributed by atoms with Gasteiger partial charge in [-0.25, -0.2) is 8.78 Å². The Morgan fingerprint density at radius 1 is 1.28 bits per heavy atom. The molecule has 0 spiro atoms. The first-order chi connectivity index (χ1) is 8.22. The summed E-state index contributed by atoms with van der Waals surface area (Å²) in [5.74, 6) is -0.945. The number of hydrogen-bond donors (Lipinski definition) is 2. The van der Waals surface area contributed by atoms with Gasteiger partial charge in [0, 0.05) is 31.7 Å². The maximum atomic E-state index is 13.6. The molecule has 0 saturated carbocycles. The van der Waals surface area contributed by atoms with E-state index in [4.69, 9.17) is 0 Å². The Balaban J connectivity index is 0.00000162. The van der Waals surface area contributed by atoms with Crippen molar-refractivity contribution in [1.29, 1.82) is 0 Å². The highest BCUT2D eigenvalue weighted by Crippen LogP contribution is 2.24. The second-order valence-electron chi connectivity index (χ2n) is 4.15. The molecule has 3 nitrogen and oxygen atoms in total. The predicted molar refractivity (Wildman–Crippen MR) is 67.9 cm³/mol. The van der Waals surface area contributed by atoms with Crippen molar-refractivity contribution in [3.63, 3.8) is 0 Å². The molecule has 1 aliphatic rings. The molecular weight excluding hydrogens is 262 g/mol. The molecule has 0 bridgehead atoms. The average Bonchev–Trinajstić information content (AvgIpc) is 2.36. The third-order valence-electron chi connectivity index (χ3n) is 3.08. The molecule has 1 aromatic rings. The normalized spacial score (nSPS) is 18.2. The van der Waals surface area contributed by atoms with Gasteiger partial charge in [0.05, 0.1) is 12.6 Å². The highest BCUT2D eigenvalue weighted by Gasteiger charge is 2.24. The van der Waals surface area contributed by atoms with Crippen LogP contribution < -0.4 is 5.32 Å². The van der Waals surface area contributed by atoms with Crippen LogP contribution in [0.2, 0.25) is 0 Å². The van der Waals surface area contributed by atoms with Crippen LogP contribution in [0.5, 0.6) is 0 Å². The van der Waals surface area contributed by atoms with Gasteiger partial charge in [0.15, 0.2) is 0 Å². The van der Waals surface area contributed by atoms with Gasteiger partial charge in [0.2, 0.25) is 0 Å². The molecule has 1 fully saturated rings. The third kappa shape index (κ3) is 3.38. The van der Waals surface area contributed by atoms with Crippen LogP contribution in [0.4, 0.5) is 8.78 Å². The van der Waals surface area contributed by atoms with E-state index in [2.05, 4.69) is 5.32 Å². The number of aliphatic hydroxyl groups is 1. The van der Waals surface area contributed by atoms with E-state index in [9.17, 15) is 13.9 Å². The molecule has 1 aromatic carbocycles. The van der Waals surface area contributed by atoms with E-state index in [1.54, 1.807) is 0 Å². The minimum Gasteiger partial charge on any atom is -0.394 e. The van der Waals surface area contributed by atoms with Crippen molar-refractivity contribution in [2.75, 3.05) is 32.8 Å². The van der Waals surface area contributed by atoms with Gasteiger partial charge in [0.25, 0.3) is 0 Å². The molecule has 2 N–H and O–H groups in total. The summed E-state index contributed by atoms with van der Waals surface area (Å²) in [5, 5.41) is 12.6. The van der Waals surface area contributed by atoms with Crippen molar-refractivity contribution in [3.8, 4) is 0 Å². The van der Waals surface area contributed by atoms with Crippen LogP contribution in [0, 0.1) is 11.6 Å². The lowest BCUT2D eigenvalue weighted by Crippen LogP contribution is -2.46. The molecule has 102 valence electrons. The van der Waals surface area contributed by atoms with Crippen LogP contribution in [-0.4, -0.2) is 42.8 Å². The minimum atomic E-state index is -0.477. The zero-order valence-corrected chi connectivity index (χ0v) is 10.7. The lowest BCUT2D eigenvalue weighted by atomic mass is 10.0. The summed E-state index contributed by atoms with van der Waals surface area (Å²) in [6, 6.07) is 2.89. The Kier molecular flexibility index (Phi) is 5.95. The first-order valence-corrected chi connectivity index (χ1v) is 5.73. The maximum Gasteiger partial charge on any atom is 0.128 e. The van der Waals surface area contributed by atoms with Crippen LogP contribution in [0.3, 0.4) is 0 Å².